The molecule has 1 atom stereocenters. The molecular weight excluding hydrogens is 413 g/mol. The highest BCUT2D eigenvalue weighted by molar-refractivity contribution is 9.10. The summed E-state index contributed by atoms with van der Waals surface area (Å²) in [5.41, 5.74) is 2.77. The van der Waals surface area contributed by atoms with Gasteiger partial charge in [0, 0.05) is 15.7 Å². The van der Waals surface area contributed by atoms with Gasteiger partial charge in [-0.1, -0.05) is 68.5 Å². The molecule has 0 bridgehead atoms. The number of benzene rings is 2. The highest BCUT2D eigenvalue weighted by atomic mass is 79.9. The zero-order valence-corrected chi connectivity index (χ0v) is 15.2. The van der Waals surface area contributed by atoms with Crippen LogP contribution >= 0.6 is 39.1 Å². The topological polar surface area (TPSA) is 55.6 Å². The van der Waals surface area contributed by atoms with Crippen molar-refractivity contribution in [1.29, 1.82) is 0 Å². The Morgan fingerprint density at radius 2 is 1.88 bits per heavy atom. The van der Waals surface area contributed by atoms with Gasteiger partial charge in [0.25, 0.3) is 0 Å². The molecule has 0 saturated heterocycles. The largest absolute Gasteiger partial charge is 0.323 e. The number of halogens is 3. The Labute approximate surface area is 156 Å². The van der Waals surface area contributed by atoms with E-state index in [4.69, 9.17) is 23.2 Å². The van der Waals surface area contributed by atoms with Crippen LogP contribution in [0.3, 0.4) is 0 Å². The lowest BCUT2D eigenvalue weighted by Crippen LogP contribution is -2.20. The molecule has 1 aliphatic heterocycles. The van der Waals surface area contributed by atoms with E-state index in [0.717, 1.165) is 21.3 Å². The van der Waals surface area contributed by atoms with Crippen LogP contribution in [0.25, 0.3) is 5.70 Å². The number of tetrazole rings is 1. The number of rotatable bonds is 2. The summed E-state index contributed by atoms with van der Waals surface area (Å²) < 4.78 is 2.70. The molecule has 0 amide bonds. The van der Waals surface area contributed by atoms with Crippen LogP contribution in [0.4, 0.5) is 5.95 Å². The molecule has 0 fully saturated rings. The molecule has 1 aliphatic rings. The van der Waals surface area contributed by atoms with Crippen LogP contribution in [0.15, 0.2) is 53.0 Å². The lowest BCUT2D eigenvalue weighted by Gasteiger charge is -2.24. The summed E-state index contributed by atoms with van der Waals surface area (Å²) in [7, 11) is 0. The number of nitrogens with one attached hydrogen (secondary N) is 1. The van der Waals surface area contributed by atoms with Crippen molar-refractivity contribution < 1.29 is 0 Å². The zero-order valence-electron chi connectivity index (χ0n) is 12.1. The normalized spacial score (nSPS) is 16.3. The third kappa shape index (κ3) is 2.70. The third-order valence-electron chi connectivity index (χ3n) is 3.78. The van der Waals surface area contributed by atoms with E-state index in [0.29, 0.717) is 16.0 Å². The second-order valence-corrected chi connectivity index (χ2v) is 6.95. The Morgan fingerprint density at radius 3 is 2.67 bits per heavy atom. The van der Waals surface area contributed by atoms with Gasteiger partial charge in [0.1, 0.15) is 6.04 Å². The highest BCUT2D eigenvalue weighted by Gasteiger charge is 2.26. The number of allylic oxidation sites excluding steroid dienone is 1. The molecule has 0 saturated carbocycles. The SMILES string of the molecule is Clc1cccc([C@H]2C=C(c3ccc(Br)cc3)Nc3nnnn32)c1Cl. The standard InChI is InChI=1S/C16H10BrCl2N5/c17-10-6-4-9(5-7-10)13-8-14(24-16(20-13)21-22-23-24)11-2-1-3-12(18)15(11)19/h1-8,14H,(H,20,21,23)/t14-/m1/s1. The van der Waals surface area contributed by atoms with Gasteiger partial charge >= 0.3 is 0 Å². The lowest BCUT2D eigenvalue weighted by atomic mass is 10.0. The average molecular weight is 423 g/mol. The predicted octanol–water partition coefficient (Wildman–Crippen LogP) is 4.80. The molecule has 120 valence electrons. The maximum absolute atomic E-state index is 6.40. The maximum atomic E-state index is 6.40. The van der Waals surface area contributed by atoms with E-state index in [9.17, 15) is 0 Å². The molecule has 0 radical (unpaired) electrons. The Kier molecular flexibility index (Phi) is 4.04. The summed E-state index contributed by atoms with van der Waals surface area (Å²) in [5, 5.41) is 16.1. The second-order valence-electron chi connectivity index (χ2n) is 5.25. The first-order valence-electron chi connectivity index (χ1n) is 7.10. The molecule has 8 heteroatoms. The number of anilines is 1. The molecule has 1 N–H and O–H groups in total. The first-order valence-corrected chi connectivity index (χ1v) is 8.65. The highest BCUT2D eigenvalue weighted by Crippen LogP contribution is 2.37. The van der Waals surface area contributed by atoms with Crippen molar-refractivity contribution in [2.75, 3.05) is 5.32 Å². The third-order valence-corrected chi connectivity index (χ3v) is 5.14. The number of fused-ring (bicyclic) bond motifs is 1. The van der Waals surface area contributed by atoms with Crippen molar-refractivity contribution in [2.24, 2.45) is 0 Å². The van der Waals surface area contributed by atoms with Gasteiger partial charge in [-0.3, -0.25) is 0 Å². The van der Waals surface area contributed by atoms with E-state index in [1.165, 1.54) is 0 Å². The van der Waals surface area contributed by atoms with Gasteiger partial charge in [-0.15, -0.1) is 0 Å². The summed E-state index contributed by atoms with van der Waals surface area (Å²) in [6.07, 6.45) is 2.03. The fourth-order valence-electron chi connectivity index (χ4n) is 2.62. The molecule has 5 nitrogen and oxygen atoms in total. The van der Waals surface area contributed by atoms with Gasteiger partial charge in [-0.25, -0.2) is 0 Å². The van der Waals surface area contributed by atoms with Crippen molar-refractivity contribution in [3.8, 4) is 0 Å². The number of hydrogen-bond acceptors (Lipinski definition) is 4. The molecule has 2 aromatic carbocycles. The molecule has 0 spiro atoms. The summed E-state index contributed by atoms with van der Waals surface area (Å²) in [6, 6.07) is 13.3. The summed E-state index contributed by atoms with van der Waals surface area (Å²) in [4.78, 5) is 0. The minimum Gasteiger partial charge on any atom is -0.323 e. The van der Waals surface area contributed by atoms with Crippen molar-refractivity contribution >= 4 is 50.8 Å². The van der Waals surface area contributed by atoms with Crippen molar-refractivity contribution in [1.82, 2.24) is 20.2 Å². The number of hydrogen-bond donors (Lipinski definition) is 1. The monoisotopic (exact) mass is 421 g/mol. The molecule has 2 heterocycles. The lowest BCUT2D eigenvalue weighted by molar-refractivity contribution is 0.586. The zero-order chi connectivity index (χ0) is 16.7. The predicted molar refractivity (Wildman–Crippen MR) is 98.2 cm³/mol. The van der Waals surface area contributed by atoms with E-state index in [-0.39, 0.29) is 6.04 Å². The van der Waals surface area contributed by atoms with Crippen molar-refractivity contribution in [3.63, 3.8) is 0 Å². The average Bonchev–Trinajstić information content (AvgIpc) is 3.06. The van der Waals surface area contributed by atoms with Crippen molar-refractivity contribution in [3.05, 3.63) is 74.2 Å². The van der Waals surface area contributed by atoms with Gasteiger partial charge in [-0.05, 0) is 40.3 Å². The van der Waals surface area contributed by atoms with E-state index in [2.05, 4.69) is 36.8 Å². The minimum absolute atomic E-state index is 0.249. The van der Waals surface area contributed by atoms with Crippen LogP contribution in [-0.4, -0.2) is 20.2 Å². The molecular formula is C16H10BrCl2N5. The van der Waals surface area contributed by atoms with Gasteiger partial charge in [0.15, 0.2) is 0 Å². The van der Waals surface area contributed by atoms with Gasteiger partial charge in [0.05, 0.1) is 10.0 Å². The van der Waals surface area contributed by atoms with E-state index < -0.39 is 0 Å². The van der Waals surface area contributed by atoms with Crippen LogP contribution in [0, 0.1) is 0 Å². The van der Waals surface area contributed by atoms with Crippen LogP contribution in [0.1, 0.15) is 17.2 Å². The van der Waals surface area contributed by atoms with Crippen LogP contribution in [0.2, 0.25) is 10.0 Å². The number of nitrogens with zero attached hydrogens (tertiary/aromatic N) is 4. The maximum Gasteiger partial charge on any atom is 0.248 e. The molecule has 0 aliphatic carbocycles. The number of aromatic nitrogens is 4. The van der Waals surface area contributed by atoms with E-state index in [1.807, 2.05) is 42.5 Å². The Balaban J connectivity index is 1.85. The fourth-order valence-corrected chi connectivity index (χ4v) is 3.31. The van der Waals surface area contributed by atoms with Crippen LogP contribution in [0.5, 0.6) is 0 Å². The Hall–Kier alpha value is -1.89. The summed E-state index contributed by atoms with van der Waals surface area (Å²) >= 11 is 16.0. The van der Waals surface area contributed by atoms with Crippen LogP contribution in [-0.2, 0) is 0 Å². The Morgan fingerprint density at radius 1 is 1.08 bits per heavy atom. The van der Waals surface area contributed by atoms with E-state index >= 15 is 0 Å². The quantitative estimate of drug-likeness (QED) is 0.644. The second kappa shape index (κ2) is 6.20. The minimum atomic E-state index is -0.249. The van der Waals surface area contributed by atoms with Gasteiger partial charge in [-0.2, -0.15) is 4.68 Å². The van der Waals surface area contributed by atoms with Gasteiger partial charge in [0.2, 0.25) is 5.95 Å². The molecule has 4 rings (SSSR count). The summed E-state index contributed by atoms with van der Waals surface area (Å²) in [6.45, 7) is 0. The summed E-state index contributed by atoms with van der Waals surface area (Å²) in [5.74, 6) is 0.552. The molecule has 3 aromatic rings. The van der Waals surface area contributed by atoms with Crippen LogP contribution < -0.4 is 5.32 Å². The smallest absolute Gasteiger partial charge is 0.248 e. The van der Waals surface area contributed by atoms with Gasteiger partial charge < -0.3 is 5.32 Å². The fraction of sp³-hybridized carbons (Fsp3) is 0.0625. The molecule has 24 heavy (non-hydrogen) atoms. The molecule has 1 aromatic heterocycles. The first-order chi connectivity index (χ1) is 11.6. The first kappa shape index (κ1) is 15.6. The van der Waals surface area contributed by atoms with E-state index in [1.54, 1.807) is 10.7 Å². The van der Waals surface area contributed by atoms with Crippen molar-refractivity contribution in [2.45, 2.75) is 6.04 Å². The Bertz CT molecular complexity index is 936. The molecule has 0 unspecified atom stereocenters.